The number of hydrogen-bond donors (Lipinski definition) is 1. The van der Waals surface area contributed by atoms with E-state index in [1.807, 2.05) is 45.9 Å². The molecule has 1 aromatic rings. The van der Waals surface area contributed by atoms with Gasteiger partial charge in [0.05, 0.1) is 18.3 Å². The molecule has 13 heteroatoms. The fourth-order valence-electron chi connectivity index (χ4n) is 4.89. The van der Waals surface area contributed by atoms with Crippen molar-refractivity contribution >= 4 is 51.6 Å². The molecule has 10 nitrogen and oxygen atoms in total. The number of aliphatic carboxylic acids is 1. The maximum atomic E-state index is 14.7. The van der Waals surface area contributed by atoms with E-state index in [4.69, 9.17) is 18.0 Å². The first kappa shape index (κ1) is 36.4. The predicted octanol–water partition coefficient (Wildman–Crippen LogP) is 5.90. The Balaban J connectivity index is 3.03. The zero-order valence-corrected chi connectivity index (χ0v) is 29.2. The molecule has 0 bridgehead atoms. The maximum Gasteiger partial charge on any atom is 0.359 e. The van der Waals surface area contributed by atoms with Crippen LogP contribution in [0.25, 0.3) is 0 Å². The zero-order chi connectivity index (χ0) is 32.0. The summed E-state index contributed by atoms with van der Waals surface area (Å²) >= 11 is 1.24. The number of likely N-dealkylation sites (tertiary alicyclic amines) is 1. The van der Waals surface area contributed by atoms with Gasteiger partial charge in [-0.2, -0.15) is 0 Å². The van der Waals surface area contributed by atoms with Gasteiger partial charge in [-0.05, 0) is 72.2 Å². The van der Waals surface area contributed by atoms with Gasteiger partial charge in [0, 0.05) is 35.9 Å². The number of amides is 1. The Morgan fingerprint density at radius 1 is 1.17 bits per heavy atom. The van der Waals surface area contributed by atoms with Crippen LogP contribution in [-0.4, -0.2) is 77.6 Å². The van der Waals surface area contributed by atoms with Gasteiger partial charge >= 0.3 is 5.97 Å². The summed E-state index contributed by atoms with van der Waals surface area (Å²) in [4.78, 5) is 46.2. The van der Waals surface area contributed by atoms with Gasteiger partial charge in [0.2, 0.25) is 20.4 Å². The molecule has 0 spiro atoms. The highest BCUT2D eigenvalue weighted by molar-refractivity contribution is 8.00. The van der Waals surface area contributed by atoms with Gasteiger partial charge in [-0.15, -0.1) is 0 Å². The number of hydrogen-bond acceptors (Lipinski definition) is 9. The standard InChI is InChI=1S/C29H46N2O8PSSi/c1-19(2)37-40(38-20(3)4,39-21(5)6)24(25(33)34)31-26(35)29(14-16-32,23(28(7,8)9)18-36-42(10)11)27(31)41-22-13-12-15-30-17-22/h12-15,17,19-21,23,27H,18H2,1-11H3,(H,33,34). The SMILES string of the molecule is CC(C)OP(OC(C)C)(OC(C)C)=C(C(=O)O)N1C(=O)C(C=C=O)(C(CO[Si](C)C)C(C)(C)C)C1Sc1cccnc1. The number of carboxylic acids is 1. The van der Waals surface area contributed by atoms with Crippen LogP contribution in [0.5, 0.6) is 0 Å². The third-order valence-corrected chi connectivity index (χ3v) is 11.4. The number of β-lactam (4-membered cyclic amide) rings is 1. The van der Waals surface area contributed by atoms with E-state index in [1.54, 1.807) is 60.0 Å². The van der Waals surface area contributed by atoms with Gasteiger partial charge in [-0.3, -0.25) is 14.7 Å². The molecule has 3 unspecified atom stereocenters. The van der Waals surface area contributed by atoms with E-state index in [1.165, 1.54) is 22.7 Å². The van der Waals surface area contributed by atoms with E-state index in [0.717, 1.165) is 0 Å². The van der Waals surface area contributed by atoms with Crippen LogP contribution in [0, 0.1) is 16.7 Å². The molecule has 2 rings (SSSR count). The number of nitrogens with zero attached hydrogens (tertiary/aromatic N) is 2. The van der Waals surface area contributed by atoms with E-state index >= 15 is 0 Å². The van der Waals surface area contributed by atoms with Gasteiger partial charge in [-0.25, -0.2) is 9.59 Å². The van der Waals surface area contributed by atoms with Crippen LogP contribution in [0.2, 0.25) is 13.1 Å². The van der Waals surface area contributed by atoms with E-state index in [-0.39, 0.29) is 6.61 Å². The Morgan fingerprint density at radius 2 is 1.71 bits per heavy atom. The molecule has 3 atom stereocenters. The normalized spacial score (nSPS) is 20.2. The second kappa shape index (κ2) is 14.8. The Morgan fingerprint density at radius 3 is 2.10 bits per heavy atom. The first-order valence-corrected chi connectivity index (χ1v) is 18.9. The molecule has 1 aliphatic heterocycles. The molecule has 235 valence electrons. The molecular formula is C29H46N2O8PSSi. The van der Waals surface area contributed by atoms with Crippen molar-refractivity contribution in [1.29, 1.82) is 0 Å². The third-order valence-electron chi connectivity index (χ3n) is 6.30. The average molecular weight is 642 g/mol. The van der Waals surface area contributed by atoms with Gasteiger partial charge < -0.3 is 23.1 Å². The van der Waals surface area contributed by atoms with Crippen molar-refractivity contribution in [3.8, 4) is 0 Å². The minimum Gasteiger partial charge on any atom is -0.476 e. The van der Waals surface area contributed by atoms with Crippen molar-refractivity contribution < 1.29 is 37.5 Å². The number of carbonyl (C=O) groups is 2. The Bertz CT molecular complexity index is 1160. The number of carbonyl (C=O) groups excluding carboxylic acids is 2. The Labute approximate surface area is 256 Å². The predicted molar refractivity (Wildman–Crippen MR) is 168 cm³/mol. The Kier molecular flexibility index (Phi) is 12.9. The maximum absolute atomic E-state index is 14.7. The highest BCUT2D eigenvalue weighted by Crippen LogP contribution is 2.62. The molecule has 1 radical (unpaired) electrons. The quantitative estimate of drug-likeness (QED) is 0.107. The first-order valence-electron chi connectivity index (χ1n) is 14.0. The molecular weight excluding hydrogens is 595 g/mol. The molecule has 42 heavy (non-hydrogen) atoms. The summed E-state index contributed by atoms with van der Waals surface area (Å²) in [5.74, 6) is -0.609. The summed E-state index contributed by atoms with van der Waals surface area (Å²) < 4.78 is 24.9. The highest BCUT2D eigenvalue weighted by Gasteiger charge is 2.69. The van der Waals surface area contributed by atoms with Crippen molar-refractivity contribution in [3.05, 3.63) is 30.6 Å². The number of thioether (sulfide) groups is 1. The van der Waals surface area contributed by atoms with E-state index in [2.05, 4.69) is 4.98 Å². The molecule has 1 amide bonds. The fraction of sp³-hybridized carbons (Fsp3) is 0.655. The summed E-state index contributed by atoms with van der Waals surface area (Å²) in [7, 11) is -5.01. The molecule has 1 N–H and O–H groups in total. The summed E-state index contributed by atoms with van der Waals surface area (Å²) in [6, 6.07) is 3.57. The number of aromatic nitrogens is 1. The third kappa shape index (κ3) is 8.24. The second-order valence-corrected chi connectivity index (χ2v) is 17.6. The van der Waals surface area contributed by atoms with Crippen LogP contribution < -0.4 is 0 Å². The molecule has 1 fully saturated rings. The fourth-order valence-corrected chi connectivity index (χ4v) is 9.65. The first-order chi connectivity index (χ1) is 19.4. The summed E-state index contributed by atoms with van der Waals surface area (Å²) in [5, 5.41) is 9.88. The molecule has 0 saturated carbocycles. The van der Waals surface area contributed by atoms with Gasteiger partial charge in [0.25, 0.3) is 7.57 Å². The average Bonchev–Trinajstić information content (AvgIpc) is 2.83. The second-order valence-electron chi connectivity index (χ2n) is 12.3. The molecule has 1 aliphatic rings. The monoisotopic (exact) mass is 641 g/mol. The van der Waals surface area contributed by atoms with Crippen LogP contribution in [0.3, 0.4) is 0 Å². The van der Waals surface area contributed by atoms with Gasteiger partial charge in [0.15, 0.2) is 0 Å². The van der Waals surface area contributed by atoms with E-state index in [9.17, 15) is 19.5 Å². The lowest BCUT2D eigenvalue weighted by atomic mass is 9.59. The van der Waals surface area contributed by atoms with Gasteiger partial charge in [-0.1, -0.05) is 32.5 Å². The van der Waals surface area contributed by atoms with E-state index in [0.29, 0.717) is 4.90 Å². The van der Waals surface area contributed by atoms with E-state index < -0.39 is 74.3 Å². The molecule has 1 saturated heterocycles. The number of rotatable bonds is 15. The zero-order valence-electron chi connectivity index (χ0n) is 26.5. The van der Waals surface area contributed by atoms with Crippen molar-refractivity contribution in [2.45, 2.75) is 104 Å². The smallest absolute Gasteiger partial charge is 0.359 e. The van der Waals surface area contributed by atoms with Crippen LogP contribution >= 0.6 is 19.3 Å². The van der Waals surface area contributed by atoms with Crippen LogP contribution in [0.15, 0.2) is 35.5 Å². The summed E-state index contributed by atoms with van der Waals surface area (Å²) in [5.41, 5.74) is -2.39. The van der Waals surface area contributed by atoms with Gasteiger partial charge in [0.1, 0.15) is 16.7 Å². The topological polar surface area (TPSA) is 124 Å². The van der Waals surface area contributed by atoms with Crippen LogP contribution in [-0.2, 0) is 32.4 Å². The Hall–Kier alpha value is -1.75. The summed E-state index contributed by atoms with van der Waals surface area (Å²) in [6.45, 7) is 20.6. The minimum absolute atomic E-state index is 0.197. The minimum atomic E-state index is -3.85. The van der Waals surface area contributed by atoms with Crippen molar-refractivity contribution in [3.63, 3.8) is 0 Å². The van der Waals surface area contributed by atoms with Crippen LogP contribution in [0.1, 0.15) is 62.3 Å². The molecule has 1 aromatic heterocycles. The highest BCUT2D eigenvalue weighted by atomic mass is 32.2. The van der Waals surface area contributed by atoms with Crippen molar-refractivity contribution in [1.82, 2.24) is 9.88 Å². The van der Waals surface area contributed by atoms with Crippen molar-refractivity contribution in [2.24, 2.45) is 16.7 Å². The molecule has 0 aromatic carbocycles. The van der Waals surface area contributed by atoms with Crippen LogP contribution in [0.4, 0.5) is 0 Å². The lowest BCUT2D eigenvalue weighted by molar-refractivity contribution is -0.163. The number of carboxylic acid groups (broad SMARTS) is 1. The molecule has 0 aliphatic carbocycles. The lowest BCUT2D eigenvalue weighted by Gasteiger charge is -2.59. The summed E-state index contributed by atoms with van der Waals surface area (Å²) in [6.07, 6.45) is 3.03. The lowest BCUT2D eigenvalue weighted by Crippen LogP contribution is -2.74. The molecule has 2 heterocycles. The number of pyridine rings is 1. The largest absolute Gasteiger partial charge is 0.476 e. The van der Waals surface area contributed by atoms with Crippen molar-refractivity contribution in [2.75, 3.05) is 6.61 Å².